The van der Waals surface area contributed by atoms with Gasteiger partial charge in [-0.3, -0.25) is 9.69 Å². The van der Waals surface area contributed by atoms with E-state index in [1.165, 1.54) is 6.07 Å². The van der Waals surface area contributed by atoms with Gasteiger partial charge in [0.05, 0.1) is 24.2 Å². The van der Waals surface area contributed by atoms with Gasteiger partial charge in [-0.15, -0.1) is 0 Å². The van der Waals surface area contributed by atoms with Crippen LogP contribution in [0.2, 0.25) is 0 Å². The zero-order chi connectivity index (χ0) is 16.7. The molecule has 0 aliphatic carbocycles. The average molecular weight is 329 g/mol. The number of pyridine rings is 1. The van der Waals surface area contributed by atoms with Crippen molar-refractivity contribution in [1.82, 2.24) is 14.5 Å². The number of H-pyrrole nitrogens is 1. The summed E-state index contributed by atoms with van der Waals surface area (Å²) >= 11 is 0. The van der Waals surface area contributed by atoms with Crippen LogP contribution in [0.15, 0.2) is 29.2 Å². The van der Waals surface area contributed by atoms with E-state index < -0.39 is 0 Å². The number of fused-ring (bicyclic) bond motifs is 3. The van der Waals surface area contributed by atoms with E-state index >= 15 is 0 Å². The van der Waals surface area contributed by atoms with Crippen molar-refractivity contribution in [3.05, 3.63) is 46.1 Å². The number of nitrogens with one attached hydrogen (secondary N) is 1. The molecule has 1 saturated heterocycles. The molecule has 5 nitrogen and oxygen atoms in total. The van der Waals surface area contributed by atoms with Gasteiger partial charge < -0.3 is 14.3 Å². The summed E-state index contributed by atoms with van der Waals surface area (Å²) in [4.78, 5) is 17.0. The fourth-order valence-corrected chi connectivity index (χ4v) is 3.62. The first-order valence-electron chi connectivity index (χ1n) is 8.24. The van der Waals surface area contributed by atoms with E-state index in [1.54, 1.807) is 18.3 Å². The largest absolute Gasteiger partial charge is 0.379 e. The van der Waals surface area contributed by atoms with Crippen LogP contribution in [0.1, 0.15) is 5.56 Å². The number of aromatic amines is 1. The molecule has 0 atom stereocenters. The fraction of sp³-hybridized carbons (Fsp3) is 0.389. The predicted octanol–water partition coefficient (Wildman–Crippen LogP) is 2.26. The quantitative estimate of drug-likeness (QED) is 0.750. The third kappa shape index (κ3) is 2.61. The third-order valence-corrected chi connectivity index (χ3v) is 4.78. The van der Waals surface area contributed by atoms with Crippen LogP contribution in [0.4, 0.5) is 4.39 Å². The number of rotatable bonds is 3. The van der Waals surface area contributed by atoms with E-state index in [1.807, 2.05) is 6.92 Å². The van der Waals surface area contributed by atoms with Crippen LogP contribution >= 0.6 is 0 Å². The number of nitrogens with zero attached hydrogens (tertiary/aromatic N) is 2. The van der Waals surface area contributed by atoms with Crippen molar-refractivity contribution in [1.29, 1.82) is 0 Å². The molecule has 1 N–H and O–H groups in total. The Morgan fingerprint density at radius 1 is 1.17 bits per heavy atom. The molecule has 1 fully saturated rings. The normalized spacial score (nSPS) is 16.2. The van der Waals surface area contributed by atoms with Gasteiger partial charge in [-0.1, -0.05) is 0 Å². The van der Waals surface area contributed by atoms with E-state index in [9.17, 15) is 9.18 Å². The highest BCUT2D eigenvalue weighted by Crippen LogP contribution is 2.30. The SMILES string of the molecule is Cc1cc(=O)cc2c1c1cc(F)[nH]cc1n2CCN1CCOCC1. The van der Waals surface area contributed by atoms with Crippen molar-refractivity contribution in [3.8, 4) is 0 Å². The maximum absolute atomic E-state index is 13.7. The number of ether oxygens (including phenoxy) is 1. The molecule has 2 aromatic heterocycles. The van der Waals surface area contributed by atoms with Gasteiger partial charge in [0, 0.05) is 55.3 Å². The number of benzene rings is 1. The van der Waals surface area contributed by atoms with Crippen LogP contribution in [-0.4, -0.2) is 47.3 Å². The van der Waals surface area contributed by atoms with Gasteiger partial charge in [0.25, 0.3) is 0 Å². The average Bonchev–Trinajstić information content (AvgIpc) is 2.86. The number of aryl methyl sites for hydroxylation is 1. The van der Waals surface area contributed by atoms with Gasteiger partial charge in [-0.05, 0) is 18.6 Å². The zero-order valence-corrected chi connectivity index (χ0v) is 13.6. The maximum atomic E-state index is 13.7. The molecule has 1 aliphatic heterocycles. The summed E-state index contributed by atoms with van der Waals surface area (Å²) in [7, 11) is 0. The number of morpholine rings is 1. The number of aromatic nitrogens is 2. The lowest BCUT2D eigenvalue weighted by atomic mass is 10.1. The molecule has 0 spiro atoms. The fourth-order valence-electron chi connectivity index (χ4n) is 3.62. The van der Waals surface area contributed by atoms with Gasteiger partial charge in [-0.25, -0.2) is 0 Å². The summed E-state index contributed by atoms with van der Waals surface area (Å²) in [5, 5.41) is 1.81. The van der Waals surface area contributed by atoms with Crippen molar-refractivity contribution < 1.29 is 9.13 Å². The highest BCUT2D eigenvalue weighted by Gasteiger charge is 2.16. The van der Waals surface area contributed by atoms with E-state index in [4.69, 9.17) is 4.74 Å². The minimum atomic E-state index is -0.375. The molecule has 6 heteroatoms. The van der Waals surface area contributed by atoms with E-state index in [0.717, 1.165) is 66.8 Å². The van der Waals surface area contributed by atoms with Gasteiger partial charge in [0.2, 0.25) is 0 Å². The van der Waals surface area contributed by atoms with Gasteiger partial charge in [0.15, 0.2) is 11.4 Å². The van der Waals surface area contributed by atoms with Crippen LogP contribution in [-0.2, 0) is 11.3 Å². The molecule has 4 rings (SSSR count). The monoisotopic (exact) mass is 329 g/mol. The van der Waals surface area contributed by atoms with E-state index in [0.29, 0.717) is 0 Å². The number of hydrogen-bond acceptors (Lipinski definition) is 3. The van der Waals surface area contributed by atoms with Crippen molar-refractivity contribution in [2.24, 2.45) is 0 Å². The Hall–Kier alpha value is -2.18. The minimum absolute atomic E-state index is 0.0140. The summed E-state index contributed by atoms with van der Waals surface area (Å²) in [6.45, 7) is 6.90. The van der Waals surface area contributed by atoms with Gasteiger partial charge >= 0.3 is 0 Å². The smallest absolute Gasteiger partial charge is 0.191 e. The molecule has 0 unspecified atom stereocenters. The second-order valence-corrected chi connectivity index (χ2v) is 6.32. The summed E-state index contributed by atoms with van der Waals surface area (Å²) in [5.41, 5.74) is 2.67. The first-order chi connectivity index (χ1) is 11.6. The Morgan fingerprint density at radius 2 is 1.96 bits per heavy atom. The van der Waals surface area contributed by atoms with Crippen molar-refractivity contribution >= 4 is 21.8 Å². The molecule has 3 aromatic rings. The molecular weight excluding hydrogens is 309 g/mol. The van der Waals surface area contributed by atoms with Crippen molar-refractivity contribution in [2.45, 2.75) is 13.5 Å². The lowest BCUT2D eigenvalue weighted by molar-refractivity contribution is 0.0366. The predicted molar refractivity (Wildman–Crippen MR) is 92.0 cm³/mol. The Kier molecular flexibility index (Phi) is 3.86. The summed E-state index contributed by atoms with van der Waals surface area (Å²) < 4.78 is 21.2. The lowest BCUT2D eigenvalue weighted by Crippen LogP contribution is -2.38. The number of hydrogen-bond donors (Lipinski definition) is 1. The molecule has 1 aliphatic rings. The Bertz CT molecular complexity index is 954. The molecule has 3 heterocycles. The summed E-state index contributed by atoms with van der Waals surface area (Å²) in [6.07, 6.45) is 1.69. The van der Waals surface area contributed by atoms with Crippen LogP contribution in [0.3, 0.4) is 0 Å². The van der Waals surface area contributed by atoms with E-state index in [2.05, 4.69) is 14.5 Å². The third-order valence-electron chi connectivity index (χ3n) is 4.78. The minimum Gasteiger partial charge on any atom is -0.379 e. The highest BCUT2D eigenvalue weighted by atomic mass is 19.1. The molecule has 126 valence electrons. The molecule has 0 radical (unpaired) electrons. The zero-order valence-electron chi connectivity index (χ0n) is 13.6. The van der Waals surface area contributed by atoms with Crippen LogP contribution in [0.25, 0.3) is 21.8 Å². The standard InChI is InChI=1S/C18H20FN3O2/c1-12-8-13(23)9-15-18(12)14-10-17(19)20-11-16(14)22(15)3-2-21-4-6-24-7-5-21/h8-11,20H,2-7H2,1H3. The number of halogens is 1. The van der Waals surface area contributed by atoms with Gasteiger partial charge in [-0.2, -0.15) is 4.39 Å². The highest BCUT2D eigenvalue weighted by molar-refractivity contribution is 6.09. The van der Waals surface area contributed by atoms with Crippen LogP contribution in [0, 0.1) is 12.9 Å². The first-order valence-corrected chi connectivity index (χ1v) is 8.24. The lowest BCUT2D eigenvalue weighted by Gasteiger charge is -2.26. The molecule has 0 saturated carbocycles. The molecular formula is C18H20FN3O2. The second-order valence-electron chi connectivity index (χ2n) is 6.32. The van der Waals surface area contributed by atoms with Crippen LogP contribution in [0.5, 0.6) is 0 Å². The maximum Gasteiger partial charge on any atom is 0.191 e. The topological polar surface area (TPSA) is 50.3 Å². The molecule has 1 aromatic carbocycles. The van der Waals surface area contributed by atoms with Crippen molar-refractivity contribution in [2.75, 3.05) is 32.8 Å². The molecule has 0 bridgehead atoms. The Labute approximate surface area is 138 Å². The van der Waals surface area contributed by atoms with Gasteiger partial charge in [0.1, 0.15) is 0 Å². The van der Waals surface area contributed by atoms with Crippen molar-refractivity contribution in [3.63, 3.8) is 0 Å². The molecule has 24 heavy (non-hydrogen) atoms. The Morgan fingerprint density at radius 3 is 2.75 bits per heavy atom. The van der Waals surface area contributed by atoms with E-state index in [-0.39, 0.29) is 11.4 Å². The summed E-state index contributed by atoms with van der Waals surface area (Å²) in [5.74, 6) is -0.375. The Balaban J connectivity index is 1.83. The van der Waals surface area contributed by atoms with Crippen LogP contribution < -0.4 is 5.43 Å². The molecule has 0 amide bonds. The second kappa shape index (κ2) is 6.03. The first kappa shape index (κ1) is 15.4. The summed E-state index contributed by atoms with van der Waals surface area (Å²) in [6, 6.07) is 4.78.